The van der Waals surface area contributed by atoms with Crippen molar-refractivity contribution < 1.29 is 9.90 Å². The summed E-state index contributed by atoms with van der Waals surface area (Å²) in [4.78, 5) is 13.8. The molecule has 0 unspecified atom stereocenters. The number of amides is 1. The highest BCUT2D eigenvalue weighted by Gasteiger charge is 2.28. The van der Waals surface area contributed by atoms with Gasteiger partial charge in [0.2, 0.25) is 0 Å². The number of likely N-dealkylation sites (tertiary alicyclic amines) is 1. The second kappa shape index (κ2) is 4.45. The average Bonchev–Trinajstić information content (AvgIpc) is 2.77. The summed E-state index contributed by atoms with van der Waals surface area (Å²) in [6, 6.07) is 9.25. The number of aliphatic hydroxyl groups is 1. The van der Waals surface area contributed by atoms with Crippen molar-refractivity contribution in [3.8, 4) is 0 Å². The van der Waals surface area contributed by atoms with Crippen LogP contribution in [0.1, 0.15) is 23.2 Å². The summed E-state index contributed by atoms with van der Waals surface area (Å²) in [5.41, 5.74) is 0.706. The van der Waals surface area contributed by atoms with Gasteiger partial charge in [-0.3, -0.25) is 4.79 Å². The van der Waals surface area contributed by atoms with Crippen LogP contribution < -0.4 is 0 Å². The number of rotatable bonds is 2. The van der Waals surface area contributed by atoms with Crippen LogP contribution in [-0.2, 0) is 0 Å². The summed E-state index contributed by atoms with van der Waals surface area (Å²) >= 11 is 0. The van der Waals surface area contributed by atoms with Crippen LogP contribution in [0.25, 0.3) is 0 Å². The molecule has 0 radical (unpaired) electrons. The largest absolute Gasteiger partial charge is 0.394 e. The molecule has 0 saturated carbocycles. The van der Waals surface area contributed by atoms with E-state index in [9.17, 15) is 4.79 Å². The van der Waals surface area contributed by atoms with Gasteiger partial charge in [-0.2, -0.15) is 0 Å². The number of hydrogen-bond donors (Lipinski definition) is 1. The van der Waals surface area contributed by atoms with Crippen molar-refractivity contribution in [2.75, 3.05) is 13.2 Å². The standard InChI is InChI=1S/C12H15NO2/c14-9-11-7-4-8-13(11)12(15)10-5-2-1-3-6-10/h1-3,5-6,11,14H,4,7-9H2/t11-/m1/s1. The van der Waals surface area contributed by atoms with Gasteiger partial charge in [0.15, 0.2) is 0 Å². The van der Waals surface area contributed by atoms with Crippen molar-refractivity contribution in [1.82, 2.24) is 4.90 Å². The van der Waals surface area contributed by atoms with Gasteiger partial charge in [0.05, 0.1) is 12.6 Å². The van der Waals surface area contributed by atoms with Crippen LogP contribution in [0.3, 0.4) is 0 Å². The fraction of sp³-hybridized carbons (Fsp3) is 0.417. The third kappa shape index (κ3) is 2.02. The van der Waals surface area contributed by atoms with Crippen LogP contribution in [0, 0.1) is 0 Å². The molecule has 1 aromatic carbocycles. The molecule has 3 heteroatoms. The first-order valence-electron chi connectivity index (χ1n) is 5.30. The number of nitrogens with zero attached hydrogens (tertiary/aromatic N) is 1. The summed E-state index contributed by atoms with van der Waals surface area (Å²) in [6.45, 7) is 0.831. The van der Waals surface area contributed by atoms with Crippen molar-refractivity contribution in [3.63, 3.8) is 0 Å². The Morgan fingerprint density at radius 3 is 2.80 bits per heavy atom. The summed E-state index contributed by atoms with van der Waals surface area (Å²) in [7, 11) is 0. The van der Waals surface area contributed by atoms with Crippen molar-refractivity contribution in [2.45, 2.75) is 18.9 Å². The Bertz CT molecular complexity index is 337. The molecule has 1 heterocycles. The van der Waals surface area contributed by atoms with E-state index in [2.05, 4.69) is 0 Å². The maximum absolute atomic E-state index is 12.0. The zero-order chi connectivity index (χ0) is 10.7. The minimum atomic E-state index is 0.0118. The number of hydrogen-bond acceptors (Lipinski definition) is 2. The second-order valence-electron chi connectivity index (χ2n) is 3.84. The van der Waals surface area contributed by atoms with E-state index < -0.39 is 0 Å². The van der Waals surface area contributed by atoms with E-state index in [0.29, 0.717) is 5.56 Å². The minimum Gasteiger partial charge on any atom is -0.394 e. The fourth-order valence-electron chi connectivity index (χ4n) is 2.04. The predicted octanol–water partition coefficient (Wildman–Crippen LogP) is 1.28. The highest BCUT2D eigenvalue weighted by Crippen LogP contribution is 2.19. The highest BCUT2D eigenvalue weighted by molar-refractivity contribution is 5.94. The normalized spacial score (nSPS) is 20.6. The smallest absolute Gasteiger partial charge is 0.254 e. The third-order valence-electron chi connectivity index (χ3n) is 2.87. The molecule has 1 aromatic rings. The van der Waals surface area contributed by atoms with Gasteiger partial charge < -0.3 is 10.0 Å². The summed E-state index contributed by atoms with van der Waals surface area (Å²) in [5.74, 6) is 0.0344. The SMILES string of the molecule is O=C(c1ccccc1)N1CCC[C@@H]1CO. The van der Waals surface area contributed by atoms with Crippen LogP contribution in [0.2, 0.25) is 0 Å². The molecule has 1 fully saturated rings. The summed E-state index contributed by atoms with van der Waals surface area (Å²) in [5, 5.41) is 9.14. The quantitative estimate of drug-likeness (QED) is 0.790. The van der Waals surface area contributed by atoms with Gasteiger partial charge in [-0.25, -0.2) is 0 Å². The number of benzene rings is 1. The first-order valence-corrected chi connectivity index (χ1v) is 5.30. The predicted molar refractivity (Wildman–Crippen MR) is 57.6 cm³/mol. The molecule has 3 nitrogen and oxygen atoms in total. The van der Waals surface area contributed by atoms with Gasteiger partial charge >= 0.3 is 0 Å². The summed E-state index contributed by atoms with van der Waals surface area (Å²) < 4.78 is 0. The third-order valence-corrected chi connectivity index (χ3v) is 2.87. The molecule has 1 aliphatic heterocycles. The topological polar surface area (TPSA) is 40.5 Å². The zero-order valence-corrected chi connectivity index (χ0v) is 8.60. The second-order valence-corrected chi connectivity index (χ2v) is 3.84. The molecule has 1 atom stereocenters. The lowest BCUT2D eigenvalue weighted by molar-refractivity contribution is 0.0677. The van der Waals surface area contributed by atoms with Crippen LogP contribution in [0.15, 0.2) is 30.3 Å². The van der Waals surface area contributed by atoms with Crippen LogP contribution >= 0.6 is 0 Å². The molecule has 0 bridgehead atoms. The Labute approximate surface area is 89.3 Å². The molecule has 2 rings (SSSR count). The van der Waals surface area contributed by atoms with E-state index in [1.54, 1.807) is 4.90 Å². The minimum absolute atomic E-state index is 0.0118. The number of aliphatic hydroxyl groups excluding tert-OH is 1. The lowest BCUT2D eigenvalue weighted by Crippen LogP contribution is -2.37. The van der Waals surface area contributed by atoms with Crippen molar-refractivity contribution in [1.29, 1.82) is 0 Å². The van der Waals surface area contributed by atoms with Crippen LogP contribution in [-0.4, -0.2) is 35.1 Å². The van der Waals surface area contributed by atoms with E-state index in [4.69, 9.17) is 5.11 Å². The van der Waals surface area contributed by atoms with E-state index in [0.717, 1.165) is 19.4 Å². The van der Waals surface area contributed by atoms with E-state index in [-0.39, 0.29) is 18.6 Å². The van der Waals surface area contributed by atoms with Gasteiger partial charge in [0.1, 0.15) is 0 Å². The maximum Gasteiger partial charge on any atom is 0.254 e. The molecule has 1 aliphatic rings. The molecule has 80 valence electrons. The molecule has 0 spiro atoms. The van der Waals surface area contributed by atoms with Crippen molar-refractivity contribution in [3.05, 3.63) is 35.9 Å². The molecule has 15 heavy (non-hydrogen) atoms. The molecular formula is C12H15NO2. The van der Waals surface area contributed by atoms with Crippen molar-refractivity contribution >= 4 is 5.91 Å². The Balaban J connectivity index is 2.14. The first-order chi connectivity index (χ1) is 7.33. The fourth-order valence-corrected chi connectivity index (χ4v) is 2.04. The average molecular weight is 205 g/mol. The van der Waals surface area contributed by atoms with Gasteiger partial charge in [0, 0.05) is 12.1 Å². The Morgan fingerprint density at radius 1 is 1.40 bits per heavy atom. The van der Waals surface area contributed by atoms with Gasteiger partial charge in [-0.15, -0.1) is 0 Å². The molecule has 1 amide bonds. The monoisotopic (exact) mass is 205 g/mol. The number of carbonyl (C=O) groups is 1. The van der Waals surface area contributed by atoms with Gasteiger partial charge in [0.25, 0.3) is 5.91 Å². The molecule has 0 aliphatic carbocycles. The Kier molecular flexibility index (Phi) is 3.02. The maximum atomic E-state index is 12.0. The summed E-state index contributed by atoms with van der Waals surface area (Å²) in [6.07, 6.45) is 1.90. The van der Waals surface area contributed by atoms with E-state index in [1.807, 2.05) is 30.3 Å². The van der Waals surface area contributed by atoms with E-state index in [1.165, 1.54) is 0 Å². The molecule has 1 N–H and O–H groups in total. The van der Waals surface area contributed by atoms with Gasteiger partial charge in [-0.05, 0) is 25.0 Å². The Hall–Kier alpha value is -1.35. The Morgan fingerprint density at radius 2 is 2.13 bits per heavy atom. The highest BCUT2D eigenvalue weighted by atomic mass is 16.3. The van der Waals surface area contributed by atoms with Crippen LogP contribution in [0.4, 0.5) is 0 Å². The lowest BCUT2D eigenvalue weighted by Gasteiger charge is -2.22. The van der Waals surface area contributed by atoms with E-state index >= 15 is 0 Å². The molecular weight excluding hydrogens is 190 g/mol. The van der Waals surface area contributed by atoms with Crippen LogP contribution in [0.5, 0.6) is 0 Å². The van der Waals surface area contributed by atoms with Gasteiger partial charge in [-0.1, -0.05) is 18.2 Å². The number of carbonyl (C=O) groups excluding carboxylic acids is 1. The lowest BCUT2D eigenvalue weighted by atomic mass is 10.2. The van der Waals surface area contributed by atoms with Crippen molar-refractivity contribution in [2.24, 2.45) is 0 Å². The molecule has 0 aromatic heterocycles. The zero-order valence-electron chi connectivity index (χ0n) is 8.60. The first kappa shape index (κ1) is 10.2. The molecule has 1 saturated heterocycles.